The van der Waals surface area contributed by atoms with E-state index in [1.54, 1.807) is 0 Å². The molecule has 3 atom stereocenters. The number of piperidine rings is 2. The summed E-state index contributed by atoms with van der Waals surface area (Å²) in [5.74, 6) is 0.476. The predicted octanol–water partition coefficient (Wildman–Crippen LogP) is 4.65. The van der Waals surface area contributed by atoms with E-state index < -0.39 is 11.7 Å². The fourth-order valence-electron chi connectivity index (χ4n) is 3.69. The van der Waals surface area contributed by atoms with Gasteiger partial charge in [0.1, 0.15) is 6.10 Å². The van der Waals surface area contributed by atoms with E-state index in [1.165, 1.54) is 11.1 Å². The number of alkyl halides is 3. The van der Waals surface area contributed by atoms with E-state index in [-0.39, 0.29) is 23.9 Å². The molecule has 0 radical (unpaired) electrons. The molecule has 1 aromatic rings. The second-order valence-electron chi connectivity index (χ2n) is 6.84. The van der Waals surface area contributed by atoms with Crippen molar-refractivity contribution in [1.29, 1.82) is 0 Å². The van der Waals surface area contributed by atoms with E-state index in [4.69, 9.17) is 9.47 Å². The lowest BCUT2D eigenvalue weighted by Gasteiger charge is -2.44. The summed E-state index contributed by atoms with van der Waals surface area (Å²) in [6.45, 7) is 2.23. The van der Waals surface area contributed by atoms with Crippen molar-refractivity contribution >= 4 is 0 Å². The van der Waals surface area contributed by atoms with Gasteiger partial charge in [0, 0.05) is 24.9 Å². The summed E-state index contributed by atoms with van der Waals surface area (Å²) in [4.78, 5) is 0. The van der Waals surface area contributed by atoms with Crippen LogP contribution in [0.2, 0.25) is 0 Å². The number of nitrogens with zero attached hydrogens (tertiary/aromatic N) is 1. The first-order valence-electron chi connectivity index (χ1n) is 8.86. The molecule has 25 heavy (non-hydrogen) atoms. The number of fused-ring (bicyclic) bond motifs is 2. The third kappa shape index (κ3) is 4.20. The fraction of sp³-hybridized carbons (Fsp3) is 0.667. The molecule has 0 spiro atoms. The maximum atomic E-state index is 12.9. The molecule has 1 N–H and O–H groups in total. The molecule has 7 heteroatoms. The molecule has 2 aliphatic heterocycles. The quantitative estimate of drug-likeness (QED) is 0.831. The van der Waals surface area contributed by atoms with Gasteiger partial charge < -0.3 is 14.7 Å². The van der Waals surface area contributed by atoms with Crippen molar-refractivity contribution in [2.75, 3.05) is 6.61 Å². The first kappa shape index (κ1) is 18.3. The summed E-state index contributed by atoms with van der Waals surface area (Å²) in [5, 5.41) is 11.5. The Bertz CT molecular complexity index is 579. The van der Waals surface area contributed by atoms with Gasteiger partial charge in [-0.1, -0.05) is 13.3 Å². The van der Waals surface area contributed by atoms with Crippen LogP contribution in [-0.2, 0) is 6.18 Å². The van der Waals surface area contributed by atoms with E-state index in [1.807, 2.05) is 6.92 Å². The summed E-state index contributed by atoms with van der Waals surface area (Å²) in [7, 11) is 0. The number of rotatable bonds is 5. The van der Waals surface area contributed by atoms with Crippen LogP contribution in [0.25, 0.3) is 0 Å². The molecule has 0 aromatic heterocycles. The van der Waals surface area contributed by atoms with E-state index >= 15 is 0 Å². The summed E-state index contributed by atoms with van der Waals surface area (Å²) < 4.78 is 50.3. The average molecular weight is 359 g/mol. The Morgan fingerprint density at radius 1 is 1.16 bits per heavy atom. The standard InChI is InChI=1S/C18H24F3NO3/c1-2-8-24-17-9-12(18(19,20)21)6-7-16(17)25-15-10-13-4-3-5-14(11-15)22(13)23/h6-7,9,13-15,23H,2-5,8,10-11H2,1H3/t13-,14+,15?. The third-order valence-corrected chi connectivity index (χ3v) is 4.92. The van der Waals surface area contributed by atoms with E-state index in [2.05, 4.69) is 0 Å². The van der Waals surface area contributed by atoms with E-state index in [0.29, 0.717) is 31.6 Å². The number of hydrogen-bond donors (Lipinski definition) is 1. The van der Waals surface area contributed by atoms with Gasteiger partial charge in [0.2, 0.25) is 0 Å². The van der Waals surface area contributed by atoms with Gasteiger partial charge in [0.05, 0.1) is 12.2 Å². The maximum absolute atomic E-state index is 12.9. The molecular formula is C18H24F3NO3. The molecule has 2 bridgehead atoms. The molecule has 1 unspecified atom stereocenters. The van der Waals surface area contributed by atoms with Gasteiger partial charge in [-0.25, -0.2) is 0 Å². The van der Waals surface area contributed by atoms with Crippen LogP contribution in [-0.4, -0.2) is 35.1 Å². The molecule has 1 aromatic carbocycles. The molecular weight excluding hydrogens is 335 g/mol. The van der Waals surface area contributed by atoms with Crippen molar-refractivity contribution in [3.8, 4) is 11.5 Å². The van der Waals surface area contributed by atoms with Gasteiger partial charge in [-0.15, -0.1) is 0 Å². The number of hydrogen-bond acceptors (Lipinski definition) is 4. The van der Waals surface area contributed by atoms with Crippen LogP contribution in [0.3, 0.4) is 0 Å². The second-order valence-corrected chi connectivity index (χ2v) is 6.84. The highest BCUT2D eigenvalue weighted by Gasteiger charge is 2.39. The van der Waals surface area contributed by atoms with Gasteiger partial charge >= 0.3 is 6.18 Å². The summed E-state index contributed by atoms with van der Waals surface area (Å²) in [6, 6.07) is 3.50. The molecule has 3 rings (SSSR count). The van der Waals surface area contributed by atoms with Crippen LogP contribution in [0, 0.1) is 0 Å². The summed E-state index contributed by atoms with van der Waals surface area (Å²) in [6.07, 6.45) is 0.412. The normalized spacial score (nSPS) is 27.2. The van der Waals surface area contributed by atoms with Crippen molar-refractivity contribution in [2.24, 2.45) is 0 Å². The maximum Gasteiger partial charge on any atom is 0.416 e. The molecule has 140 valence electrons. The second kappa shape index (κ2) is 7.41. The van der Waals surface area contributed by atoms with Gasteiger partial charge in [-0.05, 0) is 37.5 Å². The highest BCUT2D eigenvalue weighted by molar-refractivity contribution is 5.44. The molecule has 4 nitrogen and oxygen atoms in total. The van der Waals surface area contributed by atoms with Crippen molar-refractivity contribution < 1.29 is 27.9 Å². The highest BCUT2D eigenvalue weighted by atomic mass is 19.4. The predicted molar refractivity (Wildman–Crippen MR) is 85.9 cm³/mol. The topological polar surface area (TPSA) is 41.9 Å². The SMILES string of the molecule is CCCOc1cc(C(F)(F)F)ccc1OC1C[C@H]2CCC[C@@H](C1)N2O. The van der Waals surface area contributed by atoms with Gasteiger partial charge in [0.25, 0.3) is 0 Å². The minimum absolute atomic E-state index is 0.0620. The van der Waals surface area contributed by atoms with Gasteiger partial charge in [0.15, 0.2) is 11.5 Å². The highest BCUT2D eigenvalue weighted by Crippen LogP contribution is 2.39. The van der Waals surface area contributed by atoms with Crippen LogP contribution < -0.4 is 9.47 Å². The van der Waals surface area contributed by atoms with Crippen molar-refractivity contribution in [1.82, 2.24) is 5.06 Å². The molecule has 0 saturated carbocycles. The number of hydroxylamine groups is 2. The zero-order chi connectivity index (χ0) is 18.0. The lowest BCUT2D eigenvalue weighted by Crippen LogP contribution is -2.52. The molecule has 0 aliphatic carbocycles. The molecule has 2 fully saturated rings. The average Bonchev–Trinajstić information content (AvgIpc) is 2.54. The molecule has 2 heterocycles. The van der Waals surface area contributed by atoms with E-state index in [9.17, 15) is 18.4 Å². The minimum atomic E-state index is -4.41. The smallest absolute Gasteiger partial charge is 0.416 e. The van der Waals surface area contributed by atoms with Crippen molar-refractivity contribution in [2.45, 2.75) is 69.8 Å². The number of benzene rings is 1. The first-order valence-corrected chi connectivity index (χ1v) is 8.86. The van der Waals surface area contributed by atoms with Gasteiger partial charge in [-0.2, -0.15) is 18.2 Å². The lowest BCUT2D eigenvalue weighted by molar-refractivity contribution is -0.207. The molecule has 2 saturated heterocycles. The van der Waals surface area contributed by atoms with Crippen molar-refractivity contribution in [3.05, 3.63) is 23.8 Å². The van der Waals surface area contributed by atoms with Crippen LogP contribution >= 0.6 is 0 Å². The van der Waals surface area contributed by atoms with Crippen LogP contribution in [0.5, 0.6) is 11.5 Å². The fourth-order valence-corrected chi connectivity index (χ4v) is 3.69. The lowest BCUT2D eigenvalue weighted by atomic mass is 9.85. The molecule has 2 aliphatic rings. The zero-order valence-electron chi connectivity index (χ0n) is 14.3. The Kier molecular flexibility index (Phi) is 5.43. The van der Waals surface area contributed by atoms with Crippen LogP contribution in [0.1, 0.15) is 51.0 Å². The van der Waals surface area contributed by atoms with Gasteiger partial charge in [-0.3, -0.25) is 0 Å². The Morgan fingerprint density at radius 3 is 2.44 bits per heavy atom. The monoisotopic (exact) mass is 359 g/mol. The largest absolute Gasteiger partial charge is 0.490 e. The van der Waals surface area contributed by atoms with Crippen LogP contribution in [0.15, 0.2) is 18.2 Å². The van der Waals surface area contributed by atoms with Crippen molar-refractivity contribution in [3.63, 3.8) is 0 Å². The Balaban J connectivity index is 1.77. The third-order valence-electron chi connectivity index (χ3n) is 4.92. The van der Waals surface area contributed by atoms with Crippen LogP contribution in [0.4, 0.5) is 13.2 Å². The Morgan fingerprint density at radius 2 is 1.84 bits per heavy atom. The summed E-state index contributed by atoms with van der Waals surface area (Å²) in [5.41, 5.74) is -0.743. The first-order chi connectivity index (χ1) is 11.9. The van der Waals surface area contributed by atoms with E-state index in [0.717, 1.165) is 31.4 Å². The Labute approximate surface area is 145 Å². The Hall–Kier alpha value is -1.47. The zero-order valence-corrected chi connectivity index (χ0v) is 14.3. The summed E-state index contributed by atoms with van der Waals surface area (Å²) >= 11 is 0. The minimum Gasteiger partial charge on any atom is -0.490 e. The number of ether oxygens (including phenoxy) is 2. The molecule has 0 amide bonds. The number of halogens is 3.